The first kappa shape index (κ1) is 62.7. The van der Waals surface area contributed by atoms with Gasteiger partial charge in [0.05, 0.1) is 57.5 Å². The molecule has 0 spiro atoms. The third-order valence-corrected chi connectivity index (χ3v) is 15.5. The van der Waals surface area contributed by atoms with Crippen molar-refractivity contribution in [1.29, 1.82) is 10.5 Å². The molecule has 1 atom stereocenters. The maximum atomic E-state index is 13.6. The van der Waals surface area contributed by atoms with Crippen LogP contribution in [-0.2, 0) is 84.8 Å². The lowest BCUT2D eigenvalue weighted by Gasteiger charge is -2.30. The van der Waals surface area contributed by atoms with Crippen molar-refractivity contribution in [2.75, 3.05) is 26.4 Å². The molecule has 0 bridgehead atoms. The van der Waals surface area contributed by atoms with E-state index in [0.29, 0.717) is 82.3 Å². The molecule has 432 valence electrons. The van der Waals surface area contributed by atoms with Gasteiger partial charge in [0.25, 0.3) is 0 Å². The molecular weight excluding hydrogens is 1110 g/mol. The van der Waals surface area contributed by atoms with Crippen molar-refractivity contribution in [2.45, 2.75) is 106 Å². The quantitative estimate of drug-likeness (QED) is 0.0145. The lowest BCUT2D eigenvalue weighted by atomic mass is 9.81. The van der Waals surface area contributed by atoms with Gasteiger partial charge in [-0.15, -0.1) is 0 Å². The number of thioether (sulfide) groups is 2. The van der Waals surface area contributed by atoms with Crippen LogP contribution in [0.1, 0.15) is 88.2 Å². The van der Waals surface area contributed by atoms with Crippen LogP contribution in [0.4, 0.5) is 0 Å². The van der Waals surface area contributed by atoms with E-state index in [1.165, 1.54) is 12.1 Å². The lowest BCUT2D eigenvalue weighted by Crippen LogP contribution is -2.33. The summed E-state index contributed by atoms with van der Waals surface area (Å²) in [5, 5.41) is 30.4. The summed E-state index contributed by atoms with van der Waals surface area (Å²) in [5.74, 6) is -6.33. The number of nitrogens with zero attached hydrogens (tertiary/aromatic N) is 2. The highest BCUT2D eigenvalue weighted by atomic mass is 32.2. The summed E-state index contributed by atoms with van der Waals surface area (Å²) >= 11 is 2.10. The number of nitriles is 2. The molecule has 1 heterocycles. The Balaban J connectivity index is 0.914. The van der Waals surface area contributed by atoms with E-state index >= 15 is 0 Å². The second-order valence-corrected chi connectivity index (χ2v) is 20.8. The van der Waals surface area contributed by atoms with Crippen molar-refractivity contribution in [3.8, 4) is 35.1 Å². The largest absolute Gasteiger partial charge is 0.465 e. The number of aliphatic hydroxyl groups excluding tert-OH is 1. The number of hydrogen-bond donors (Lipinski definition) is 1. The first-order chi connectivity index (χ1) is 39.5. The van der Waals surface area contributed by atoms with E-state index in [-0.39, 0.29) is 94.1 Å². The van der Waals surface area contributed by atoms with Gasteiger partial charge in [-0.05, 0) is 98.9 Å². The molecule has 1 unspecified atom stereocenters. The molecule has 3 aromatic carbocycles. The maximum absolute atomic E-state index is 13.6. The van der Waals surface area contributed by atoms with Gasteiger partial charge in [-0.2, -0.15) is 10.5 Å². The van der Waals surface area contributed by atoms with Crippen molar-refractivity contribution < 1.29 is 95.6 Å². The number of rotatable bonds is 27. The molecule has 0 amide bonds. The van der Waals surface area contributed by atoms with E-state index in [4.69, 9.17) is 47.4 Å². The third-order valence-electron chi connectivity index (χ3n) is 12.9. The Hall–Kier alpha value is -8.45. The van der Waals surface area contributed by atoms with E-state index in [1.807, 2.05) is 12.1 Å². The van der Waals surface area contributed by atoms with E-state index in [9.17, 15) is 58.8 Å². The predicted octanol–water partition coefficient (Wildman–Crippen LogP) is 7.76. The summed E-state index contributed by atoms with van der Waals surface area (Å²) in [6.45, 7) is 5.75. The number of hydrogen-bond acceptors (Lipinski definition) is 24. The van der Waals surface area contributed by atoms with E-state index in [1.54, 1.807) is 48.5 Å². The van der Waals surface area contributed by atoms with Crippen molar-refractivity contribution in [3.63, 3.8) is 0 Å². The van der Waals surface area contributed by atoms with Gasteiger partial charge in [0.2, 0.25) is 0 Å². The van der Waals surface area contributed by atoms with Gasteiger partial charge in [0, 0.05) is 18.1 Å². The van der Waals surface area contributed by atoms with Gasteiger partial charge in [-0.25, -0.2) is 9.59 Å². The molecule has 2 aliphatic carbocycles. The predicted molar refractivity (Wildman–Crippen MR) is 286 cm³/mol. The zero-order chi connectivity index (χ0) is 59.0. The number of ether oxygens (including phenoxy) is 10. The van der Waals surface area contributed by atoms with Gasteiger partial charge >= 0.3 is 53.7 Å². The van der Waals surface area contributed by atoms with Gasteiger partial charge in [0.15, 0.2) is 6.29 Å². The molecule has 3 aromatic rings. The Kier molecular flexibility index (Phi) is 24.6. The van der Waals surface area contributed by atoms with E-state index in [0.717, 1.165) is 35.7 Å². The normalized spacial score (nSPS) is 17.3. The minimum atomic E-state index is -1.19. The molecule has 0 aromatic heterocycles. The average Bonchev–Trinajstić information content (AvgIpc) is 4.17. The fourth-order valence-corrected chi connectivity index (χ4v) is 10.9. The molecule has 1 N–H and O–H groups in total. The number of allylic oxidation sites excluding steroid dienone is 1. The van der Waals surface area contributed by atoms with Crippen LogP contribution in [0.5, 0.6) is 23.0 Å². The van der Waals surface area contributed by atoms with Gasteiger partial charge in [-0.3, -0.25) is 33.6 Å². The van der Waals surface area contributed by atoms with Crippen LogP contribution in [0.3, 0.4) is 0 Å². The van der Waals surface area contributed by atoms with Crippen molar-refractivity contribution >= 4 is 77.2 Å². The molecule has 0 saturated heterocycles. The zero-order valence-electron chi connectivity index (χ0n) is 44.4. The van der Waals surface area contributed by atoms with Crippen molar-refractivity contribution in [1.82, 2.24) is 0 Å². The highest BCUT2D eigenvalue weighted by molar-refractivity contribution is 8.24. The Morgan fingerprint density at radius 3 is 1.28 bits per heavy atom. The molecular formula is C58H58N2O20S2. The number of fused-ring (bicyclic) bond motifs is 1. The zero-order valence-corrected chi connectivity index (χ0v) is 46.0. The lowest BCUT2D eigenvalue weighted by molar-refractivity contribution is -0.153. The molecule has 3 aliphatic rings. The van der Waals surface area contributed by atoms with Crippen LogP contribution in [0, 0.1) is 46.3 Å². The summed E-state index contributed by atoms with van der Waals surface area (Å²) in [4.78, 5) is 111. The second-order valence-electron chi connectivity index (χ2n) is 18.5. The molecule has 22 nitrogen and oxygen atoms in total. The van der Waals surface area contributed by atoms with Crippen LogP contribution >= 0.6 is 23.5 Å². The van der Waals surface area contributed by atoms with Crippen LogP contribution in [-0.4, -0.2) is 91.5 Å². The minimum absolute atomic E-state index is 0.0705. The Morgan fingerprint density at radius 1 is 0.512 bits per heavy atom. The summed E-state index contributed by atoms with van der Waals surface area (Å²) < 4.78 is 53.3. The minimum Gasteiger partial charge on any atom is -0.465 e. The topological polar surface area (TPSA) is 314 Å². The van der Waals surface area contributed by atoms with Crippen molar-refractivity contribution in [2.24, 2.45) is 23.7 Å². The number of benzene rings is 3. The molecule has 1 aliphatic heterocycles. The smallest absolute Gasteiger partial charge is 0.330 e. The maximum Gasteiger partial charge on any atom is 0.330 e. The van der Waals surface area contributed by atoms with Crippen LogP contribution in [0.25, 0.3) is 0 Å². The Labute approximate surface area is 479 Å². The number of carbonyl (C=O) groups is 9. The molecule has 0 radical (unpaired) electrons. The number of esters is 9. The van der Waals surface area contributed by atoms with E-state index < -0.39 is 77.8 Å². The van der Waals surface area contributed by atoms with Crippen molar-refractivity contribution in [3.05, 3.63) is 107 Å². The SMILES string of the molecule is C=CC(=O)OCCOC(=O)CCC(=O)OCc1ccc(OC(=O)[C@H]2CC[C@H](C(=O)Oc3ccc(OC(=O)[C@H]4CC[C@H](C(O)Oc5ccc(COC(=O)CCC(=O)OCCOC(=O)C=C)cc5)CC4)c4c3SC(=C(C#N)C#N)S4)CC2)cc1. The standard InChI is InChI=1S/C58H58N2O20S2/c1-3-46(61)71-27-29-73-48(63)23-25-50(65)75-33-35-5-17-42(18-6-35)77-54(67)37-9-13-39(14-10-37)56(69)79-44-21-22-45(53-52(44)81-58(82-53)41(31-59)32-60)80-57(70)40-15-11-38(12-16-40)55(68)78-43-19-7-36(8-20-43)34-76-51(66)26-24-49(64)74-30-28-72-47(62)4-2/h3-8,17-22,37-40,54,67H,1-2,9-16,23-30,33-34H2/t37-,38-,39-,40-,54?. The second kappa shape index (κ2) is 32.1. The molecule has 2 fully saturated rings. The van der Waals surface area contributed by atoms with E-state index in [2.05, 4.69) is 13.2 Å². The third kappa shape index (κ3) is 19.7. The summed E-state index contributed by atoms with van der Waals surface area (Å²) in [7, 11) is 0. The first-order valence-electron chi connectivity index (χ1n) is 26.0. The molecule has 82 heavy (non-hydrogen) atoms. The molecule has 24 heteroatoms. The van der Waals surface area contributed by atoms with Gasteiger partial charge in [-0.1, -0.05) is 60.9 Å². The van der Waals surface area contributed by atoms with Gasteiger partial charge in [0.1, 0.15) is 80.4 Å². The van der Waals surface area contributed by atoms with Crippen LogP contribution < -0.4 is 18.9 Å². The summed E-state index contributed by atoms with van der Waals surface area (Å²) in [5.41, 5.74) is 1.06. The van der Waals surface area contributed by atoms with Crippen LogP contribution in [0.15, 0.2) is 106 Å². The Bertz CT molecular complexity index is 2950. The number of carbonyl (C=O) groups excluding carboxylic acids is 9. The highest BCUT2D eigenvalue weighted by Crippen LogP contribution is 2.59. The monoisotopic (exact) mass is 1170 g/mol. The van der Waals surface area contributed by atoms with Gasteiger partial charge < -0.3 is 52.5 Å². The molecule has 2 saturated carbocycles. The van der Waals surface area contributed by atoms with Crippen LogP contribution in [0.2, 0.25) is 0 Å². The summed E-state index contributed by atoms with van der Waals surface area (Å²) in [6.07, 6.45) is 2.90. The number of aliphatic hydroxyl groups is 1. The fraction of sp³-hybridized carbons (Fsp3) is 0.397. The molecule has 6 rings (SSSR count). The summed E-state index contributed by atoms with van der Waals surface area (Å²) in [6, 6.07) is 19.6. The first-order valence-corrected chi connectivity index (χ1v) is 27.6. The average molecular weight is 1170 g/mol. The fourth-order valence-electron chi connectivity index (χ4n) is 8.38. The highest BCUT2D eigenvalue weighted by Gasteiger charge is 2.37. The Morgan fingerprint density at radius 2 is 0.878 bits per heavy atom.